The zero-order valence-corrected chi connectivity index (χ0v) is 32.2. The molecule has 0 spiro atoms. The van der Waals surface area contributed by atoms with E-state index in [1.54, 1.807) is 31.2 Å². The van der Waals surface area contributed by atoms with Gasteiger partial charge in [0.1, 0.15) is 5.82 Å². The maximum Gasteiger partial charge on any atom is 0.407 e. The second kappa shape index (κ2) is 13.5. The van der Waals surface area contributed by atoms with Crippen LogP contribution < -0.4 is 10.9 Å². The lowest BCUT2D eigenvalue weighted by Gasteiger charge is -2.39. The van der Waals surface area contributed by atoms with E-state index in [9.17, 15) is 27.9 Å². The maximum atomic E-state index is 15.2. The molecule has 1 saturated carbocycles. The van der Waals surface area contributed by atoms with Gasteiger partial charge in [-0.25, -0.2) is 17.6 Å². The second-order valence-corrected chi connectivity index (χ2v) is 23.3. The van der Waals surface area contributed by atoms with Gasteiger partial charge in [-0.1, -0.05) is 40.7 Å². The van der Waals surface area contributed by atoms with E-state index in [2.05, 4.69) is 39.2 Å². The fraction of sp³-hybridized carbons (Fsp3) is 0.541. The van der Waals surface area contributed by atoms with Crippen LogP contribution in [-0.4, -0.2) is 74.3 Å². The number of rotatable bonds is 10. The molecule has 2 heterocycles. The number of halogens is 1. The molecule has 0 unspecified atom stereocenters. The van der Waals surface area contributed by atoms with Crippen LogP contribution in [0.25, 0.3) is 21.9 Å². The fourth-order valence-corrected chi connectivity index (χ4v) is 9.24. The summed E-state index contributed by atoms with van der Waals surface area (Å²) in [4.78, 5) is 39.7. The van der Waals surface area contributed by atoms with Gasteiger partial charge in [0.05, 0.1) is 10.1 Å². The number of pyridine rings is 1. The highest BCUT2D eigenvalue weighted by Gasteiger charge is 2.39. The Bertz CT molecular complexity index is 1990. The van der Waals surface area contributed by atoms with Gasteiger partial charge in [-0.2, -0.15) is 0 Å². The molecule has 10 nitrogen and oxygen atoms in total. The van der Waals surface area contributed by atoms with Crippen molar-refractivity contribution in [3.8, 4) is 11.1 Å². The first kappa shape index (κ1) is 37.7. The molecular formula is C37H50FN3O7SSi. The van der Waals surface area contributed by atoms with Gasteiger partial charge in [-0.15, -0.1) is 0 Å². The number of sulfone groups is 1. The molecule has 2 N–H and O–H groups in total. The van der Waals surface area contributed by atoms with Crippen LogP contribution >= 0.6 is 0 Å². The molecular weight excluding hydrogens is 678 g/mol. The van der Waals surface area contributed by atoms with Crippen molar-refractivity contribution >= 4 is 40.9 Å². The first-order chi connectivity index (χ1) is 23.1. The van der Waals surface area contributed by atoms with Gasteiger partial charge < -0.3 is 24.3 Å². The first-order valence-corrected chi connectivity index (χ1v) is 21.7. The number of amides is 2. The lowest BCUT2D eigenvalue weighted by Crippen LogP contribution is -2.44. The van der Waals surface area contributed by atoms with Crippen LogP contribution in [0.15, 0.2) is 46.2 Å². The molecule has 1 aliphatic carbocycles. The number of nitrogens with one attached hydrogen (secondary N) is 1. The van der Waals surface area contributed by atoms with E-state index in [-0.39, 0.29) is 81.8 Å². The van der Waals surface area contributed by atoms with Crippen LogP contribution in [0.5, 0.6) is 0 Å². The highest BCUT2D eigenvalue weighted by Crippen LogP contribution is 2.38. The van der Waals surface area contributed by atoms with E-state index >= 15 is 4.39 Å². The minimum absolute atomic E-state index is 0.0140. The fourth-order valence-electron chi connectivity index (χ4n) is 6.11. The van der Waals surface area contributed by atoms with E-state index in [1.165, 1.54) is 21.7 Å². The second-order valence-electron chi connectivity index (χ2n) is 16.3. The Morgan fingerprint density at radius 2 is 1.66 bits per heavy atom. The Hall–Kier alpha value is -3.55. The van der Waals surface area contributed by atoms with Crippen molar-refractivity contribution in [1.82, 2.24) is 14.8 Å². The molecule has 5 rings (SSSR count). The van der Waals surface area contributed by atoms with Gasteiger partial charge in [0.2, 0.25) is 0 Å². The zero-order valence-electron chi connectivity index (χ0n) is 30.4. The predicted molar refractivity (Wildman–Crippen MR) is 196 cm³/mol. The van der Waals surface area contributed by atoms with Crippen molar-refractivity contribution in [2.75, 3.05) is 19.7 Å². The predicted octanol–water partition coefficient (Wildman–Crippen LogP) is 6.97. The van der Waals surface area contributed by atoms with Gasteiger partial charge in [0, 0.05) is 60.2 Å². The Kier molecular flexibility index (Phi) is 10.2. The Morgan fingerprint density at radius 3 is 2.24 bits per heavy atom. The monoisotopic (exact) mass is 727 g/mol. The van der Waals surface area contributed by atoms with E-state index in [0.29, 0.717) is 17.7 Å². The third kappa shape index (κ3) is 7.84. The average molecular weight is 728 g/mol. The number of piperidine rings is 1. The average Bonchev–Trinajstić information content (AvgIpc) is 3.86. The Morgan fingerprint density at radius 1 is 1.02 bits per heavy atom. The van der Waals surface area contributed by atoms with Gasteiger partial charge in [0.15, 0.2) is 18.2 Å². The number of carbonyl (C=O) groups is 2. The molecule has 1 aliphatic heterocycles. The molecule has 2 aliphatic rings. The lowest BCUT2D eigenvalue weighted by molar-refractivity contribution is 0.0950. The number of likely N-dealkylation sites (tertiary alicyclic amines) is 1. The van der Waals surface area contributed by atoms with Gasteiger partial charge in [-0.3, -0.25) is 9.59 Å². The smallest absolute Gasteiger partial charge is 0.407 e. The molecule has 50 heavy (non-hydrogen) atoms. The summed E-state index contributed by atoms with van der Waals surface area (Å²) in [5, 5.41) is 11.9. The highest BCUT2D eigenvalue weighted by molar-refractivity contribution is 7.92. The molecule has 2 aromatic carbocycles. The molecule has 0 atom stereocenters. The number of hydrogen-bond donors (Lipinski definition) is 2. The van der Waals surface area contributed by atoms with Gasteiger partial charge in [0.25, 0.3) is 11.5 Å². The normalized spacial score (nSPS) is 16.5. The molecule has 1 aromatic heterocycles. The van der Waals surface area contributed by atoms with Crippen molar-refractivity contribution in [1.29, 1.82) is 0 Å². The van der Waals surface area contributed by atoms with Crippen LogP contribution in [0.4, 0.5) is 9.18 Å². The number of carbonyl (C=O) groups excluding carboxylic acids is 1. The zero-order chi connectivity index (χ0) is 37.0. The van der Waals surface area contributed by atoms with Crippen LogP contribution in [-0.2, 0) is 20.8 Å². The summed E-state index contributed by atoms with van der Waals surface area (Å²) in [6.07, 6.45) is 2.30. The molecule has 0 bridgehead atoms. The maximum absolute atomic E-state index is 15.2. The standard InChI is InChI=1S/C37H50FN3O7SSi/c1-23-29(18-25(19-31(23)38)33(42)39-26-10-11-26)24-9-12-28-30(17-24)32(49(46,47)27-13-15-40(16-14-27)35(44)45)20-41(34(28)43)21-37(5,6)22-48-50(7,8)36(2,3)4/h9,12,17-20,26-27H,10-11,13-16,21-22H2,1-8H3,(H,39,42)(H,44,45). The van der Waals surface area contributed by atoms with Crippen LogP contribution in [0.2, 0.25) is 18.1 Å². The number of hydrogen-bond acceptors (Lipinski definition) is 6. The molecule has 2 fully saturated rings. The van der Waals surface area contributed by atoms with E-state index in [4.69, 9.17) is 4.43 Å². The minimum atomic E-state index is -4.07. The third-order valence-corrected chi connectivity index (χ3v) is 17.3. The first-order valence-electron chi connectivity index (χ1n) is 17.3. The number of benzene rings is 2. The van der Waals surface area contributed by atoms with E-state index in [0.717, 1.165) is 12.8 Å². The van der Waals surface area contributed by atoms with Crippen LogP contribution in [0.3, 0.4) is 0 Å². The Labute approximate surface area is 295 Å². The quantitative estimate of drug-likeness (QED) is 0.216. The summed E-state index contributed by atoms with van der Waals surface area (Å²) >= 11 is 0. The molecule has 272 valence electrons. The van der Waals surface area contributed by atoms with Crippen molar-refractivity contribution in [3.63, 3.8) is 0 Å². The van der Waals surface area contributed by atoms with Crippen LogP contribution in [0, 0.1) is 18.2 Å². The molecule has 1 saturated heterocycles. The number of fused-ring (bicyclic) bond motifs is 1. The summed E-state index contributed by atoms with van der Waals surface area (Å²) in [6.45, 7) is 17.1. The lowest BCUT2D eigenvalue weighted by atomic mass is 9.94. The summed E-state index contributed by atoms with van der Waals surface area (Å²) in [7, 11) is -6.19. The topological polar surface area (TPSA) is 135 Å². The summed E-state index contributed by atoms with van der Waals surface area (Å²) < 4.78 is 52.2. The number of carboxylic acid groups (broad SMARTS) is 1. The third-order valence-electron chi connectivity index (χ3n) is 10.6. The summed E-state index contributed by atoms with van der Waals surface area (Å²) in [6, 6.07) is 7.70. The highest BCUT2D eigenvalue weighted by atomic mass is 32.2. The Balaban J connectivity index is 1.62. The molecule has 13 heteroatoms. The van der Waals surface area contributed by atoms with E-state index in [1.807, 2.05) is 13.8 Å². The number of aromatic nitrogens is 1. The molecule has 3 aromatic rings. The van der Waals surface area contributed by atoms with Crippen molar-refractivity contribution < 1.29 is 31.9 Å². The SMILES string of the molecule is Cc1c(F)cc(C(=O)NC2CC2)cc1-c1ccc2c(=O)n(CC(C)(C)CO[Si](C)(C)C(C)(C)C)cc(S(=O)(=O)C3CCN(C(=O)O)CC3)c2c1. The molecule has 2 amide bonds. The van der Waals surface area contributed by atoms with Crippen molar-refractivity contribution in [2.45, 2.75) is 108 Å². The van der Waals surface area contributed by atoms with Gasteiger partial charge >= 0.3 is 6.09 Å². The van der Waals surface area contributed by atoms with E-state index < -0.39 is 40.7 Å². The summed E-state index contributed by atoms with van der Waals surface area (Å²) in [5.74, 6) is -0.952. The largest absolute Gasteiger partial charge is 0.465 e. The summed E-state index contributed by atoms with van der Waals surface area (Å²) in [5.41, 5.74) is 0.426. The van der Waals surface area contributed by atoms with Gasteiger partial charge in [-0.05, 0) is 91.7 Å². The number of nitrogens with zero attached hydrogens (tertiary/aromatic N) is 2. The molecule has 0 radical (unpaired) electrons. The van der Waals surface area contributed by atoms with Crippen molar-refractivity contribution in [2.24, 2.45) is 5.41 Å². The van der Waals surface area contributed by atoms with Crippen molar-refractivity contribution in [3.05, 3.63) is 63.8 Å². The minimum Gasteiger partial charge on any atom is -0.465 e. The van der Waals surface area contributed by atoms with Crippen LogP contribution in [0.1, 0.15) is 76.2 Å².